The van der Waals surface area contributed by atoms with Crippen LogP contribution >= 0.6 is 15.9 Å². The molecule has 5 nitrogen and oxygen atoms in total. The molecule has 6 heteroatoms. The first-order valence-corrected chi connectivity index (χ1v) is 8.26. The summed E-state index contributed by atoms with van der Waals surface area (Å²) >= 11 is 3.39. The van der Waals surface area contributed by atoms with E-state index in [4.69, 9.17) is 9.52 Å². The molecule has 1 N–H and O–H groups in total. The summed E-state index contributed by atoms with van der Waals surface area (Å²) in [5.41, 5.74) is 0.328. The molecule has 0 atom stereocenters. The topological polar surface area (TPSA) is 70.8 Å². The van der Waals surface area contributed by atoms with Gasteiger partial charge in [0.25, 0.3) is 0 Å². The van der Waals surface area contributed by atoms with Gasteiger partial charge in [-0.3, -0.25) is 4.79 Å². The molecule has 0 radical (unpaired) electrons. The zero-order chi connectivity index (χ0) is 18.1. The second-order valence-corrected chi connectivity index (χ2v) is 7.20. The van der Waals surface area contributed by atoms with E-state index in [0.717, 1.165) is 10.0 Å². The van der Waals surface area contributed by atoms with E-state index in [2.05, 4.69) is 15.9 Å². The maximum absolute atomic E-state index is 12.8. The number of benzene rings is 1. The number of amides is 1. The Morgan fingerprint density at radius 1 is 1.25 bits per heavy atom. The highest BCUT2D eigenvalue weighted by Crippen LogP contribution is 2.27. The lowest BCUT2D eigenvalue weighted by Gasteiger charge is -2.29. The van der Waals surface area contributed by atoms with Gasteiger partial charge in [0, 0.05) is 11.5 Å². The van der Waals surface area contributed by atoms with E-state index < -0.39 is 11.4 Å². The molecule has 0 aliphatic rings. The Morgan fingerprint density at radius 3 is 2.33 bits per heavy atom. The monoisotopic (exact) mass is 393 g/mol. The third-order valence-electron chi connectivity index (χ3n) is 4.04. The van der Waals surface area contributed by atoms with Gasteiger partial charge < -0.3 is 14.4 Å². The number of carboxylic acids is 1. The van der Waals surface area contributed by atoms with Crippen LogP contribution in [0.25, 0.3) is 0 Å². The summed E-state index contributed by atoms with van der Waals surface area (Å²) < 4.78 is 6.40. The number of carbonyl (C=O) groups excluding carboxylic acids is 1. The largest absolute Gasteiger partial charge is 0.478 e. The number of likely N-dealkylation sites (N-methyl/N-ethyl adjacent to an activating group) is 1. The third kappa shape index (κ3) is 3.70. The predicted molar refractivity (Wildman–Crippen MR) is 94.0 cm³/mol. The lowest BCUT2D eigenvalue weighted by atomic mass is 9.83. The van der Waals surface area contributed by atoms with Crippen LogP contribution in [0.3, 0.4) is 0 Å². The molecule has 1 aromatic heterocycles. The number of furan rings is 1. The van der Waals surface area contributed by atoms with Crippen molar-refractivity contribution in [2.75, 3.05) is 7.05 Å². The lowest BCUT2D eigenvalue weighted by molar-refractivity contribution is -0.135. The molecule has 2 rings (SSSR count). The van der Waals surface area contributed by atoms with Gasteiger partial charge in [-0.2, -0.15) is 0 Å². The number of aromatic carboxylic acids is 1. The molecule has 0 saturated heterocycles. The van der Waals surface area contributed by atoms with Crippen molar-refractivity contribution in [3.8, 4) is 0 Å². The fourth-order valence-corrected chi connectivity index (χ4v) is 2.87. The number of nitrogens with zero attached hydrogens (tertiary/aromatic N) is 1. The number of carbonyl (C=O) groups is 2. The summed E-state index contributed by atoms with van der Waals surface area (Å²) in [5.74, 6) is -0.319. The molecular formula is C18H20BrNO4. The molecule has 24 heavy (non-hydrogen) atoms. The van der Waals surface area contributed by atoms with Crippen molar-refractivity contribution < 1.29 is 19.1 Å². The van der Waals surface area contributed by atoms with E-state index in [0.29, 0.717) is 11.5 Å². The fraction of sp³-hybridized carbons (Fsp3) is 0.333. The molecule has 2 aromatic rings. The second kappa shape index (κ2) is 6.81. The van der Waals surface area contributed by atoms with Gasteiger partial charge in [0.05, 0.1) is 12.0 Å². The van der Waals surface area contributed by atoms with Crippen molar-refractivity contribution in [3.63, 3.8) is 0 Å². The van der Waals surface area contributed by atoms with Crippen molar-refractivity contribution in [2.45, 2.75) is 32.7 Å². The average molecular weight is 394 g/mol. The van der Waals surface area contributed by atoms with Gasteiger partial charge in [0.2, 0.25) is 5.91 Å². The fourth-order valence-electron chi connectivity index (χ4n) is 2.61. The average Bonchev–Trinajstić information content (AvgIpc) is 2.87. The van der Waals surface area contributed by atoms with Crippen LogP contribution in [0.1, 0.15) is 41.3 Å². The molecule has 0 bridgehead atoms. The van der Waals surface area contributed by atoms with E-state index in [9.17, 15) is 9.59 Å². The van der Waals surface area contributed by atoms with E-state index in [1.807, 2.05) is 38.1 Å². The predicted octanol–water partition coefficient (Wildman–Crippen LogP) is 3.98. The third-order valence-corrected chi connectivity index (χ3v) is 4.57. The van der Waals surface area contributed by atoms with Crippen LogP contribution in [0.15, 0.2) is 39.2 Å². The van der Waals surface area contributed by atoms with Crippen molar-refractivity contribution in [1.82, 2.24) is 4.90 Å². The first-order valence-electron chi connectivity index (χ1n) is 7.47. The van der Waals surface area contributed by atoms with E-state index in [-0.39, 0.29) is 18.0 Å². The molecule has 1 amide bonds. The maximum Gasteiger partial charge on any atom is 0.339 e. The van der Waals surface area contributed by atoms with Crippen LogP contribution < -0.4 is 0 Å². The smallest absolute Gasteiger partial charge is 0.339 e. The Labute approximate surface area is 149 Å². The van der Waals surface area contributed by atoms with Gasteiger partial charge in [0.15, 0.2) is 0 Å². The second-order valence-electron chi connectivity index (χ2n) is 6.28. The van der Waals surface area contributed by atoms with Crippen LogP contribution in [-0.2, 0) is 16.8 Å². The zero-order valence-corrected chi connectivity index (χ0v) is 15.7. The first kappa shape index (κ1) is 18.3. The minimum atomic E-state index is -1.04. The molecule has 0 spiro atoms. The summed E-state index contributed by atoms with van der Waals surface area (Å²) in [6.07, 6.45) is 0. The minimum absolute atomic E-state index is 0.0734. The Bertz CT molecular complexity index is 762. The summed E-state index contributed by atoms with van der Waals surface area (Å²) in [7, 11) is 1.68. The van der Waals surface area contributed by atoms with Gasteiger partial charge in [-0.25, -0.2) is 4.79 Å². The molecule has 128 valence electrons. The normalized spacial score (nSPS) is 11.4. The first-order chi connectivity index (χ1) is 11.1. The van der Waals surface area contributed by atoms with Crippen molar-refractivity contribution in [1.29, 1.82) is 0 Å². The Hall–Kier alpha value is -2.08. The van der Waals surface area contributed by atoms with Crippen LogP contribution in [0.4, 0.5) is 0 Å². The van der Waals surface area contributed by atoms with Crippen molar-refractivity contribution >= 4 is 27.8 Å². The number of halogens is 1. The number of hydrogen-bond acceptors (Lipinski definition) is 3. The molecule has 1 aromatic carbocycles. The minimum Gasteiger partial charge on any atom is -0.478 e. The van der Waals surface area contributed by atoms with Crippen molar-refractivity contribution in [2.24, 2.45) is 0 Å². The van der Waals surface area contributed by atoms with Crippen LogP contribution in [0.2, 0.25) is 0 Å². The van der Waals surface area contributed by atoms with Gasteiger partial charge in [0.1, 0.15) is 17.1 Å². The standard InChI is InChI=1S/C18H20BrNO4/c1-11-15(16(21)22)9-14(24-11)10-20(4)17(23)18(2,3)12-5-7-13(19)8-6-12/h5-9H,10H2,1-4H3,(H,21,22). The SMILES string of the molecule is Cc1oc(CN(C)C(=O)C(C)(C)c2ccc(Br)cc2)cc1C(=O)O. The Balaban J connectivity index is 2.18. The number of rotatable bonds is 5. The highest BCUT2D eigenvalue weighted by molar-refractivity contribution is 9.10. The van der Waals surface area contributed by atoms with Gasteiger partial charge in [-0.1, -0.05) is 28.1 Å². The Morgan fingerprint density at radius 2 is 1.83 bits per heavy atom. The Kier molecular flexibility index (Phi) is 5.18. The highest BCUT2D eigenvalue weighted by Gasteiger charge is 2.32. The number of carboxylic acid groups (broad SMARTS) is 1. The van der Waals surface area contributed by atoms with Crippen molar-refractivity contribution in [3.05, 3.63) is 57.5 Å². The summed E-state index contributed by atoms with van der Waals surface area (Å²) in [6.45, 7) is 5.55. The quantitative estimate of drug-likeness (QED) is 0.833. The van der Waals surface area contributed by atoms with E-state index in [1.165, 1.54) is 6.07 Å². The lowest BCUT2D eigenvalue weighted by Crippen LogP contribution is -2.40. The van der Waals surface area contributed by atoms with E-state index in [1.54, 1.807) is 18.9 Å². The summed E-state index contributed by atoms with van der Waals surface area (Å²) in [6, 6.07) is 9.09. The van der Waals surface area contributed by atoms with Gasteiger partial charge in [-0.05, 0) is 44.5 Å². The summed E-state index contributed by atoms with van der Waals surface area (Å²) in [5, 5.41) is 9.08. The molecule has 0 fully saturated rings. The highest BCUT2D eigenvalue weighted by atomic mass is 79.9. The van der Waals surface area contributed by atoms with Crippen LogP contribution in [0, 0.1) is 6.92 Å². The summed E-state index contributed by atoms with van der Waals surface area (Å²) in [4.78, 5) is 25.5. The molecule has 0 aliphatic heterocycles. The molecule has 0 aliphatic carbocycles. The van der Waals surface area contributed by atoms with Crippen LogP contribution in [-0.4, -0.2) is 28.9 Å². The van der Waals surface area contributed by atoms with Gasteiger partial charge >= 0.3 is 5.97 Å². The number of hydrogen-bond donors (Lipinski definition) is 1. The molecular weight excluding hydrogens is 374 g/mol. The maximum atomic E-state index is 12.8. The molecule has 0 saturated carbocycles. The molecule has 0 unspecified atom stereocenters. The molecule has 1 heterocycles. The van der Waals surface area contributed by atoms with E-state index >= 15 is 0 Å². The zero-order valence-electron chi connectivity index (χ0n) is 14.1. The van der Waals surface area contributed by atoms with Gasteiger partial charge in [-0.15, -0.1) is 0 Å². The van der Waals surface area contributed by atoms with Crippen LogP contribution in [0.5, 0.6) is 0 Å². The number of aryl methyl sites for hydroxylation is 1.